The second kappa shape index (κ2) is 12.4. The largest absolute Gasteiger partial charge is 0.357 e. The van der Waals surface area contributed by atoms with Crippen molar-refractivity contribution < 1.29 is 22.4 Å². The maximum Gasteiger partial charge on any atom is 0.244 e. The summed E-state index contributed by atoms with van der Waals surface area (Å²) in [5.41, 5.74) is 1.52. The minimum absolute atomic E-state index is 0.0400. The molecule has 2 amide bonds. The van der Waals surface area contributed by atoms with E-state index in [0.29, 0.717) is 10.6 Å². The summed E-state index contributed by atoms with van der Waals surface area (Å²) in [5, 5.41) is 3.20. The fourth-order valence-corrected chi connectivity index (χ4v) is 4.95. The summed E-state index contributed by atoms with van der Waals surface area (Å²) in [6.45, 7) is -0.643. The van der Waals surface area contributed by atoms with Gasteiger partial charge in [-0.3, -0.25) is 13.9 Å². The highest BCUT2D eigenvalue weighted by Crippen LogP contribution is 2.25. The number of hydrogen-bond acceptors (Lipinski definition) is 4. The van der Waals surface area contributed by atoms with Gasteiger partial charge in [-0.05, 0) is 47.5 Å². The number of halogens is 3. The molecule has 0 aliphatic heterocycles. The molecular formula is C26H26Cl2FN3O4S. The molecule has 3 aromatic carbocycles. The fourth-order valence-electron chi connectivity index (χ4n) is 3.78. The SMILES string of the molecule is CNC(=O)[C@H](Cc1ccccc1)N(Cc1ccc(Cl)c(Cl)c1)C(=O)CN(c1ccc(F)cc1)S(C)(=O)=O. The van der Waals surface area contributed by atoms with Crippen LogP contribution in [0.15, 0.2) is 72.8 Å². The van der Waals surface area contributed by atoms with Crippen LogP contribution in [-0.4, -0.2) is 51.0 Å². The number of anilines is 1. The van der Waals surface area contributed by atoms with Gasteiger partial charge < -0.3 is 10.2 Å². The van der Waals surface area contributed by atoms with Crippen LogP contribution in [0.3, 0.4) is 0 Å². The van der Waals surface area contributed by atoms with E-state index in [1.807, 2.05) is 30.3 Å². The summed E-state index contributed by atoms with van der Waals surface area (Å²) in [4.78, 5) is 28.1. The van der Waals surface area contributed by atoms with E-state index in [2.05, 4.69) is 5.32 Å². The van der Waals surface area contributed by atoms with Crippen molar-refractivity contribution >= 4 is 50.7 Å². The number of rotatable bonds is 10. The lowest BCUT2D eigenvalue weighted by Crippen LogP contribution is -2.52. The van der Waals surface area contributed by atoms with E-state index < -0.39 is 40.2 Å². The summed E-state index contributed by atoms with van der Waals surface area (Å²) in [6.07, 6.45) is 1.14. The van der Waals surface area contributed by atoms with Crippen molar-refractivity contribution in [3.05, 3.63) is 99.8 Å². The molecule has 0 heterocycles. The van der Waals surface area contributed by atoms with Gasteiger partial charge in [0, 0.05) is 20.0 Å². The zero-order chi connectivity index (χ0) is 27.2. The minimum atomic E-state index is -3.93. The van der Waals surface area contributed by atoms with Crippen LogP contribution >= 0.6 is 23.2 Å². The van der Waals surface area contributed by atoms with Crippen LogP contribution in [0.5, 0.6) is 0 Å². The Hall–Kier alpha value is -3.14. The van der Waals surface area contributed by atoms with Crippen LogP contribution in [0.25, 0.3) is 0 Å². The number of nitrogens with zero attached hydrogens (tertiary/aromatic N) is 2. The number of sulfonamides is 1. The van der Waals surface area contributed by atoms with Crippen LogP contribution in [0.1, 0.15) is 11.1 Å². The Balaban J connectivity index is 2.03. The van der Waals surface area contributed by atoms with Gasteiger partial charge in [-0.15, -0.1) is 0 Å². The highest BCUT2D eigenvalue weighted by atomic mass is 35.5. The smallest absolute Gasteiger partial charge is 0.244 e. The van der Waals surface area contributed by atoms with Crippen LogP contribution in [-0.2, 0) is 32.6 Å². The van der Waals surface area contributed by atoms with Crippen LogP contribution in [0, 0.1) is 5.82 Å². The molecule has 1 atom stereocenters. The topological polar surface area (TPSA) is 86.8 Å². The highest BCUT2D eigenvalue weighted by molar-refractivity contribution is 7.92. The van der Waals surface area contributed by atoms with Gasteiger partial charge >= 0.3 is 0 Å². The van der Waals surface area contributed by atoms with E-state index in [9.17, 15) is 22.4 Å². The molecule has 0 bridgehead atoms. The molecule has 0 unspecified atom stereocenters. The lowest BCUT2D eigenvalue weighted by atomic mass is 10.0. The molecule has 3 rings (SSSR count). The van der Waals surface area contributed by atoms with Gasteiger partial charge in [0.1, 0.15) is 18.4 Å². The van der Waals surface area contributed by atoms with Crippen molar-refractivity contribution in [1.82, 2.24) is 10.2 Å². The summed E-state index contributed by atoms with van der Waals surface area (Å²) in [5.74, 6) is -1.61. The zero-order valence-electron chi connectivity index (χ0n) is 20.2. The average Bonchev–Trinajstić information content (AvgIpc) is 2.86. The summed E-state index contributed by atoms with van der Waals surface area (Å²) in [7, 11) is -2.47. The quantitative estimate of drug-likeness (QED) is 0.397. The van der Waals surface area contributed by atoms with Gasteiger partial charge in [0.25, 0.3) is 0 Å². The number of benzene rings is 3. The fraction of sp³-hybridized carbons (Fsp3) is 0.231. The number of carbonyl (C=O) groups is 2. The van der Waals surface area contributed by atoms with Gasteiger partial charge in [0.2, 0.25) is 21.8 Å². The molecule has 37 heavy (non-hydrogen) atoms. The molecule has 3 aromatic rings. The Morgan fingerprint density at radius 3 is 2.16 bits per heavy atom. The Labute approximate surface area is 225 Å². The van der Waals surface area contributed by atoms with E-state index in [0.717, 1.165) is 28.3 Å². The Morgan fingerprint density at radius 2 is 1.59 bits per heavy atom. The van der Waals surface area contributed by atoms with Gasteiger partial charge in [0.05, 0.1) is 22.0 Å². The van der Waals surface area contributed by atoms with Crippen LogP contribution < -0.4 is 9.62 Å². The first-order chi connectivity index (χ1) is 17.5. The average molecular weight is 566 g/mol. The second-order valence-corrected chi connectivity index (χ2v) is 11.1. The van der Waals surface area contributed by atoms with Crippen molar-refractivity contribution in [2.75, 3.05) is 24.2 Å². The predicted octanol–water partition coefficient (Wildman–Crippen LogP) is 4.28. The van der Waals surface area contributed by atoms with E-state index >= 15 is 0 Å². The van der Waals surface area contributed by atoms with Gasteiger partial charge in [-0.2, -0.15) is 0 Å². The summed E-state index contributed by atoms with van der Waals surface area (Å²) in [6, 6.07) is 17.8. The van der Waals surface area contributed by atoms with Crippen LogP contribution in [0.4, 0.5) is 10.1 Å². The number of nitrogens with one attached hydrogen (secondary N) is 1. The molecule has 0 radical (unpaired) electrons. The molecule has 0 spiro atoms. The molecule has 0 aliphatic carbocycles. The molecule has 0 aliphatic rings. The van der Waals surface area contributed by atoms with Crippen molar-refractivity contribution in [2.45, 2.75) is 19.0 Å². The number of likely N-dealkylation sites (N-methyl/N-ethyl adjacent to an activating group) is 1. The van der Waals surface area contributed by atoms with Crippen LogP contribution in [0.2, 0.25) is 10.0 Å². The highest BCUT2D eigenvalue weighted by Gasteiger charge is 2.32. The number of amides is 2. The molecule has 0 fully saturated rings. The first kappa shape index (κ1) is 28.4. The van der Waals surface area contributed by atoms with Crippen molar-refractivity contribution in [1.29, 1.82) is 0 Å². The van der Waals surface area contributed by atoms with E-state index in [1.165, 1.54) is 24.1 Å². The molecule has 0 aromatic heterocycles. The molecule has 0 saturated heterocycles. The maximum absolute atomic E-state index is 13.8. The molecular weight excluding hydrogens is 540 g/mol. The summed E-state index contributed by atoms with van der Waals surface area (Å²) < 4.78 is 39.6. The molecule has 1 N–H and O–H groups in total. The van der Waals surface area contributed by atoms with Crippen molar-refractivity contribution in [3.8, 4) is 0 Å². The third kappa shape index (κ3) is 7.67. The lowest BCUT2D eigenvalue weighted by molar-refractivity contribution is -0.139. The Kier molecular flexibility index (Phi) is 9.53. The first-order valence-electron chi connectivity index (χ1n) is 11.2. The molecule has 0 saturated carbocycles. The normalized spacial score (nSPS) is 12.0. The van der Waals surface area contributed by atoms with Gasteiger partial charge in [-0.1, -0.05) is 59.6 Å². The first-order valence-corrected chi connectivity index (χ1v) is 13.8. The van der Waals surface area contributed by atoms with E-state index in [-0.39, 0.29) is 23.7 Å². The molecule has 11 heteroatoms. The van der Waals surface area contributed by atoms with E-state index in [1.54, 1.807) is 18.2 Å². The van der Waals surface area contributed by atoms with Gasteiger partial charge in [0.15, 0.2) is 0 Å². The number of carbonyl (C=O) groups excluding carboxylic acids is 2. The predicted molar refractivity (Wildman–Crippen MR) is 144 cm³/mol. The maximum atomic E-state index is 13.8. The van der Waals surface area contributed by atoms with Crippen molar-refractivity contribution in [3.63, 3.8) is 0 Å². The lowest BCUT2D eigenvalue weighted by Gasteiger charge is -2.33. The monoisotopic (exact) mass is 565 g/mol. The second-order valence-electron chi connectivity index (χ2n) is 8.34. The summed E-state index contributed by atoms with van der Waals surface area (Å²) >= 11 is 12.2. The Morgan fingerprint density at radius 1 is 0.946 bits per heavy atom. The standard InChI is InChI=1S/C26H26Cl2FN3O4S/c1-30-26(34)24(15-18-6-4-3-5-7-18)31(16-19-8-13-22(27)23(28)14-19)25(33)17-32(37(2,35)36)21-11-9-20(29)10-12-21/h3-14,24H,15-17H2,1-2H3,(H,30,34)/t24-/m0/s1. The third-order valence-electron chi connectivity index (χ3n) is 5.65. The third-order valence-corrected chi connectivity index (χ3v) is 7.53. The zero-order valence-corrected chi connectivity index (χ0v) is 22.5. The van der Waals surface area contributed by atoms with Crippen molar-refractivity contribution in [2.24, 2.45) is 0 Å². The minimum Gasteiger partial charge on any atom is -0.357 e. The molecule has 7 nitrogen and oxygen atoms in total. The Bertz CT molecular complexity index is 1360. The van der Waals surface area contributed by atoms with Gasteiger partial charge in [-0.25, -0.2) is 12.8 Å². The van der Waals surface area contributed by atoms with E-state index in [4.69, 9.17) is 23.2 Å². The molecule has 196 valence electrons. The number of hydrogen-bond donors (Lipinski definition) is 1.